The van der Waals surface area contributed by atoms with Crippen molar-refractivity contribution in [1.82, 2.24) is 5.32 Å². The second-order valence-electron chi connectivity index (χ2n) is 1.53. The summed E-state index contributed by atoms with van der Waals surface area (Å²) in [7, 11) is 3.75. The molecule has 0 aromatic heterocycles. The Morgan fingerprint density at radius 1 is 1.17 bits per heavy atom. The number of hydrogen-bond acceptors (Lipinski definition) is 3. The Morgan fingerprint density at radius 2 is 1.25 bits per heavy atom. The molecule has 0 aliphatic rings. The maximum Gasteiger partial charge on any atom is 0.503 e. The first-order chi connectivity index (χ1) is 5.42. The minimum Gasteiger partial charge on any atom is -0.481 e. The summed E-state index contributed by atoms with van der Waals surface area (Å²) in [4.78, 5) is 17.9. The van der Waals surface area contributed by atoms with Crippen molar-refractivity contribution < 1.29 is 24.9 Å². The lowest BCUT2D eigenvalue weighted by molar-refractivity contribution is -0.136. The maximum absolute atomic E-state index is 9.37. The monoisotopic (exact) mass is 181 g/mol. The lowest BCUT2D eigenvalue weighted by Gasteiger charge is -1.71. The van der Waals surface area contributed by atoms with Gasteiger partial charge in [-0.1, -0.05) is 6.92 Å². The second-order valence-corrected chi connectivity index (χ2v) is 1.53. The lowest BCUT2D eigenvalue weighted by atomic mass is 10.5. The Morgan fingerprint density at radius 3 is 1.25 bits per heavy atom. The van der Waals surface area contributed by atoms with Gasteiger partial charge in [-0.3, -0.25) is 4.79 Å². The van der Waals surface area contributed by atoms with Crippen LogP contribution >= 0.6 is 0 Å². The molecule has 0 unspecified atom stereocenters. The zero-order chi connectivity index (χ0) is 10.6. The molecule has 6 nitrogen and oxygen atoms in total. The van der Waals surface area contributed by atoms with Crippen LogP contribution in [0.1, 0.15) is 13.3 Å². The molecule has 0 fully saturated rings. The number of carboxylic acid groups (broad SMARTS) is 3. The van der Waals surface area contributed by atoms with Crippen molar-refractivity contribution in [1.29, 1.82) is 0 Å². The molecule has 0 aliphatic carbocycles. The SMILES string of the molecule is CCC(=O)O.CNC.O=C(O)O. The minimum atomic E-state index is -1.83. The Bertz CT molecular complexity index is 111. The topological polar surface area (TPSA) is 107 Å². The Labute approximate surface area is 70.8 Å². The highest BCUT2D eigenvalue weighted by atomic mass is 16.6. The molecule has 12 heavy (non-hydrogen) atoms. The van der Waals surface area contributed by atoms with E-state index in [2.05, 4.69) is 5.32 Å². The first kappa shape index (κ1) is 17.0. The molecular weight excluding hydrogens is 166 g/mol. The number of aliphatic carboxylic acids is 1. The van der Waals surface area contributed by atoms with E-state index in [1.807, 2.05) is 14.1 Å². The maximum atomic E-state index is 9.37. The van der Waals surface area contributed by atoms with Crippen LogP contribution in [0.2, 0.25) is 0 Å². The summed E-state index contributed by atoms with van der Waals surface area (Å²) in [5, 5.41) is 24.4. The average Bonchev–Trinajstić information content (AvgIpc) is 1.88. The third kappa shape index (κ3) is 1050. The fourth-order valence-electron chi connectivity index (χ4n) is 0. The Balaban J connectivity index is -0.000000105. The molecular formula is C6H15NO5. The molecule has 0 saturated carbocycles. The Hall–Kier alpha value is -1.30. The predicted octanol–water partition coefficient (Wildman–Crippen LogP) is 0.539. The molecule has 0 radical (unpaired) electrons. The molecule has 0 aromatic rings. The zero-order valence-corrected chi connectivity index (χ0v) is 7.37. The van der Waals surface area contributed by atoms with Crippen LogP contribution in [-0.2, 0) is 4.79 Å². The van der Waals surface area contributed by atoms with Crippen LogP contribution < -0.4 is 5.32 Å². The summed E-state index contributed by atoms with van der Waals surface area (Å²) in [6, 6.07) is 0. The van der Waals surface area contributed by atoms with Gasteiger partial charge in [0.05, 0.1) is 0 Å². The van der Waals surface area contributed by atoms with Crippen molar-refractivity contribution in [2.75, 3.05) is 14.1 Å². The summed E-state index contributed by atoms with van der Waals surface area (Å²) in [6.07, 6.45) is -1.61. The van der Waals surface area contributed by atoms with Gasteiger partial charge >= 0.3 is 12.1 Å². The van der Waals surface area contributed by atoms with Gasteiger partial charge in [-0.05, 0) is 14.1 Å². The van der Waals surface area contributed by atoms with E-state index in [-0.39, 0.29) is 6.42 Å². The van der Waals surface area contributed by atoms with Crippen molar-refractivity contribution in [2.45, 2.75) is 13.3 Å². The number of carboxylic acids is 1. The molecule has 0 heterocycles. The fourth-order valence-corrected chi connectivity index (χ4v) is 0. The third-order valence-corrected chi connectivity index (χ3v) is 0.302. The highest BCUT2D eigenvalue weighted by Crippen LogP contribution is 1.67. The predicted molar refractivity (Wildman–Crippen MR) is 43.6 cm³/mol. The van der Waals surface area contributed by atoms with Crippen LogP contribution in [0.25, 0.3) is 0 Å². The Kier molecular flexibility index (Phi) is 23.1. The summed E-state index contributed by atoms with van der Waals surface area (Å²) < 4.78 is 0. The normalized spacial score (nSPS) is 6.58. The average molecular weight is 181 g/mol. The summed E-state index contributed by atoms with van der Waals surface area (Å²) in [5.41, 5.74) is 0. The van der Waals surface area contributed by atoms with Gasteiger partial charge < -0.3 is 20.6 Å². The molecule has 0 saturated heterocycles. The first-order valence-electron chi connectivity index (χ1n) is 3.14. The van der Waals surface area contributed by atoms with Crippen LogP contribution in [0.5, 0.6) is 0 Å². The van der Waals surface area contributed by atoms with Gasteiger partial charge in [0.2, 0.25) is 0 Å². The summed E-state index contributed by atoms with van der Waals surface area (Å²) in [6.45, 7) is 1.60. The highest BCUT2D eigenvalue weighted by Gasteiger charge is 1.80. The van der Waals surface area contributed by atoms with Crippen LogP contribution in [0.4, 0.5) is 4.79 Å². The molecule has 0 spiro atoms. The lowest BCUT2D eigenvalue weighted by Crippen LogP contribution is -1.89. The number of carbonyl (C=O) groups is 2. The van der Waals surface area contributed by atoms with Crippen LogP contribution in [0.15, 0.2) is 0 Å². The first-order valence-corrected chi connectivity index (χ1v) is 3.14. The van der Waals surface area contributed by atoms with Crippen molar-refractivity contribution in [2.24, 2.45) is 0 Å². The standard InChI is InChI=1S/C3H6O2.C2H7N.CH2O3/c1-2-3(4)5;1-3-2;2-1(3)4/h2H2,1H3,(H,4,5);3H,1-2H3;(H2,2,3,4). The minimum absolute atomic E-state index is 0.222. The summed E-state index contributed by atoms with van der Waals surface area (Å²) in [5.74, 6) is -0.745. The van der Waals surface area contributed by atoms with Crippen molar-refractivity contribution in [3.8, 4) is 0 Å². The van der Waals surface area contributed by atoms with Gasteiger partial charge in [0.25, 0.3) is 0 Å². The molecule has 4 N–H and O–H groups in total. The van der Waals surface area contributed by atoms with E-state index in [0.29, 0.717) is 0 Å². The van der Waals surface area contributed by atoms with E-state index in [9.17, 15) is 4.79 Å². The highest BCUT2D eigenvalue weighted by molar-refractivity contribution is 5.66. The molecule has 74 valence electrons. The summed E-state index contributed by atoms with van der Waals surface area (Å²) >= 11 is 0. The molecule has 0 aromatic carbocycles. The van der Waals surface area contributed by atoms with Gasteiger partial charge in [-0.15, -0.1) is 0 Å². The van der Waals surface area contributed by atoms with Crippen molar-refractivity contribution in [3.05, 3.63) is 0 Å². The van der Waals surface area contributed by atoms with Gasteiger partial charge in [-0.25, -0.2) is 4.79 Å². The van der Waals surface area contributed by atoms with E-state index in [0.717, 1.165) is 0 Å². The zero-order valence-electron chi connectivity index (χ0n) is 7.37. The number of rotatable bonds is 1. The number of nitrogens with one attached hydrogen (secondary N) is 1. The van der Waals surface area contributed by atoms with E-state index in [4.69, 9.17) is 20.1 Å². The molecule has 0 bridgehead atoms. The van der Waals surface area contributed by atoms with Gasteiger partial charge in [0, 0.05) is 6.42 Å². The van der Waals surface area contributed by atoms with Crippen LogP contribution in [0, 0.1) is 0 Å². The van der Waals surface area contributed by atoms with E-state index in [1.54, 1.807) is 6.92 Å². The fraction of sp³-hybridized carbons (Fsp3) is 0.667. The molecule has 0 atom stereocenters. The smallest absolute Gasteiger partial charge is 0.481 e. The number of hydrogen-bond donors (Lipinski definition) is 4. The van der Waals surface area contributed by atoms with E-state index >= 15 is 0 Å². The largest absolute Gasteiger partial charge is 0.503 e. The van der Waals surface area contributed by atoms with Crippen LogP contribution in [-0.4, -0.2) is 41.5 Å². The molecule has 0 rings (SSSR count). The molecule has 0 aliphatic heterocycles. The van der Waals surface area contributed by atoms with E-state index < -0.39 is 12.1 Å². The quantitative estimate of drug-likeness (QED) is 0.470. The van der Waals surface area contributed by atoms with Gasteiger partial charge in [-0.2, -0.15) is 0 Å². The van der Waals surface area contributed by atoms with Crippen LogP contribution in [0.3, 0.4) is 0 Å². The van der Waals surface area contributed by atoms with Gasteiger partial charge in [0.1, 0.15) is 0 Å². The van der Waals surface area contributed by atoms with Gasteiger partial charge in [0.15, 0.2) is 0 Å². The molecule has 0 amide bonds. The third-order valence-electron chi connectivity index (χ3n) is 0.302. The van der Waals surface area contributed by atoms with E-state index in [1.165, 1.54) is 0 Å². The molecule has 6 heteroatoms. The van der Waals surface area contributed by atoms with Crippen molar-refractivity contribution >= 4 is 12.1 Å². The van der Waals surface area contributed by atoms with Crippen molar-refractivity contribution in [3.63, 3.8) is 0 Å². The second kappa shape index (κ2) is 16.4.